The second kappa shape index (κ2) is 12.5. The molecule has 0 aliphatic rings. The average molecular weight is 525 g/mol. The van der Waals surface area contributed by atoms with Crippen molar-refractivity contribution in [3.05, 3.63) is 76.6 Å². The van der Waals surface area contributed by atoms with Crippen LogP contribution in [0, 0.1) is 25.2 Å². The highest BCUT2D eigenvalue weighted by Crippen LogP contribution is 2.30. The fourth-order valence-electron chi connectivity index (χ4n) is 3.81. The Labute approximate surface area is 218 Å². The number of hydrogen-bond donors (Lipinski definition) is 0. The summed E-state index contributed by atoms with van der Waals surface area (Å²) in [5, 5.41) is 9.56. The van der Waals surface area contributed by atoms with Crippen molar-refractivity contribution in [3.63, 3.8) is 0 Å². The van der Waals surface area contributed by atoms with E-state index in [1.165, 1.54) is 25.3 Å². The van der Waals surface area contributed by atoms with Crippen LogP contribution in [0.3, 0.4) is 0 Å². The van der Waals surface area contributed by atoms with Gasteiger partial charge < -0.3 is 23.5 Å². The summed E-state index contributed by atoms with van der Waals surface area (Å²) < 4.78 is 46.8. The summed E-state index contributed by atoms with van der Waals surface area (Å²) in [7, 11) is 1.23. The highest BCUT2D eigenvalue weighted by molar-refractivity contribution is 6.02. The maximum absolute atomic E-state index is 12.6. The lowest BCUT2D eigenvalue weighted by Gasteiger charge is -2.11. The van der Waals surface area contributed by atoms with Crippen LogP contribution in [0.15, 0.2) is 54.1 Å². The predicted molar refractivity (Wildman–Crippen MR) is 135 cm³/mol. The summed E-state index contributed by atoms with van der Waals surface area (Å²) in [5.41, 5.74) is 2.96. The molecule has 0 radical (unpaired) electrons. The highest BCUT2D eigenvalue weighted by Gasteiger charge is 2.18. The number of alkyl halides is 2. The van der Waals surface area contributed by atoms with E-state index in [4.69, 9.17) is 14.2 Å². The third-order valence-electron chi connectivity index (χ3n) is 5.55. The molecule has 0 atom stereocenters. The molecule has 2 aromatic carbocycles. The SMILES string of the molecule is CCOc1ccc(-n2c(C)cc(C=C(C#N)C(=O)OCC(=O)c3ccc(OC(F)F)c(OC)c3)c2C)cc1. The van der Waals surface area contributed by atoms with E-state index >= 15 is 0 Å². The largest absolute Gasteiger partial charge is 0.494 e. The van der Waals surface area contributed by atoms with Gasteiger partial charge in [-0.3, -0.25) is 4.79 Å². The van der Waals surface area contributed by atoms with Crippen LogP contribution in [0.1, 0.15) is 34.2 Å². The maximum atomic E-state index is 12.6. The first kappa shape index (κ1) is 27.9. The van der Waals surface area contributed by atoms with Crippen LogP contribution in [-0.4, -0.2) is 43.3 Å². The van der Waals surface area contributed by atoms with E-state index in [1.807, 2.05) is 61.7 Å². The van der Waals surface area contributed by atoms with Crippen LogP contribution in [0.4, 0.5) is 8.78 Å². The van der Waals surface area contributed by atoms with Crippen molar-refractivity contribution in [1.82, 2.24) is 4.57 Å². The number of aromatic nitrogens is 1. The Morgan fingerprint density at radius 3 is 2.39 bits per heavy atom. The van der Waals surface area contributed by atoms with Gasteiger partial charge in [-0.25, -0.2) is 4.79 Å². The monoisotopic (exact) mass is 524 g/mol. The molecule has 0 N–H and O–H groups in total. The summed E-state index contributed by atoms with van der Waals surface area (Å²) in [6, 6.07) is 14.8. The number of carbonyl (C=O) groups excluding carboxylic acids is 2. The van der Waals surface area contributed by atoms with E-state index in [9.17, 15) is 23.6 Å². The summed E-state index contributed by atoms with van der Waals surface area (Å²) >= 11 is 0. The van der Waals surface area contributed by atoms with Gasteiger partial charge in [-0.1, -0.05) is 0 Å². The third-order valence-corrected chi connectivity index (χ3v) is 5.55. The molecule has 8 nitrogen and oxygen atoms in total. The van der Waals surface area contributed by atoms with Crippen molar-refractivity contribution in [3.8, 4) is 29.0 Å². The molecule has 0 fully saturated rings. The number of nitrogens with zero attached hydrogens (tertiary/aromatic N) is 2. The van der Waals surface area contributed by atoms with Gasteiger partial charge in [0.2, 0.25) is 0 Å². The lowest BCUT2D eigenvalue weighted by molar-refractivity contribution is -0.137. The number of ketones is 1. The van der Waals surface area contributed by atoms with E-state index in [0.29, 0.717) is 12.2 Å². The minimum atomic E-state index is -3.06. The molecule has 0 spiro atoms. The van der Waals surface area contributed by atoms with Crippen LogP contribution in [0.5, 0.6) is 17.2 Å². The molecule has 38 heavy (non-hydrogen) atoms. The molecular formula is C28H26F2N2O6. The maximum Gasteiger partial charge on any atom is 0.387 e. The van der Waals surface area contributed by atoms with Gasteiger partial charge in [0.25, 0.3) is 0 Å². The molecule has 0 amide bonds. The number of esters is 1. The van der Waals surface area contributed by atoms with Crippen LogP contribution in [-0.2, 0) is 9.53 Å². The predicted octanol–water partition coefficient (Wildman–Crippen LogP) is 5.44. The minimum Gasteiger partial charge on any atom is -0.494 e. The molecule has 0 bridgehead atoms. The van der Waals surface area contributed by atoms with E-state index < -0.39 is 25.0 Å². The first-order chi connectivity index (χ1) is 18.2. The molecule has 0 unspecified atom stereocenters. The Kier molecular flexibility index (Phi) is 9.22. The molecule has 3 rings (SSSR count). The van der Waals surface area contributed by atoms with Crippen molar-refractivity contribution in [2.45, 2.75) is 27.4 Å². The second-order valence-corrected chi connectivity index (χ2v) is 8.00. The molecule has 1 heterocycles. The van der Waals surface area contributed by atoms with Gasteiger partial charge in [0.1, 0.15) is 17.4 Å². The first-order valence-corrected chi connectivity index (χ1v) is 11.6. The molecule has 198 valence electrons. The Morgan fingerprint density at radius 1 is 1.08 bits per heavy atom. The molecule has 1 aromatic heterocycles. The minimum absolute atomic E-state index is 0.0534. The van der Waals surface area contributed by atoms with E-state index in [0.717, 1.165) is 28.9 Å². The van der Waals surface area contributed by atoms with Gasteiger partial charge in [-0.05, 0) is 80.9 Å². The molecule has 0 saturated carbocycles. The van der Waals surface area contributed by atoms with E-state index in [2.05, 4.69) is 4.74 Å². The van der Waals surface area contributed by atoms with Gasteiger partial charge in [0.15, 0.2) is 23.9 Å². The summed E-state index contributed by atoms with van der Waals surface area (Å²) in [6.07, 6.45) is 1.40. The smallest absolute Gasteiger partial charge is 0.387 e. The van der Waals surface area contributed by atoms with Crippen molar-refractivity contribution in [2.75, 3.05) is 20.3 Å². The second-order valence-electron chi connectivity index (χ2n) is 8.00. The molecule has 0 saturated heterocycles. The first-order valence-electron chi connectivity index (χ1n) is 11.6. The van der Waals surface area contributed by atoms with Gasteiger partial charge >= 0.3 is 12.6 Å². The zero-order chi connectivity index (χ0) is 27.8. The van der Waals surface area contributed by atoms with Crippen molar-refractivity contribution in [1.29, 1.82) is 5.26 Å². The number of Topliss-reactive ketones (excluding diaryl/α,β-unsaturated/α-hetero) is 1. The quantitative estimate of drug-likeness (QED) is 0.143. The van der Waals surface area contributed by atoms with E-state index in [1.54, 1.807) is 0 Å². The number of rotatable bonds is 11. The Morgan fingerprint density at radius 2 is 1.79 bits per heavy atom. The summed E-state index contributed by atoms with van der Waals surface area (Å²) in [6.45, 7) is 2.49. The highest BCUT2D eigenvalue weighted by atomic mass is 19.3. The normalized spacial score (nSPS) is 11.2. The lowest BCUT2D eigenvalue weighted by Crippen LogP contribution is -2.15. The van der Waals surface area contributed by atoms with Crippen LogP contribution < -0.4 is 14.2 Å². The zero-order valence-corrected chi connectivity index (χ0v) is 21.3. The number of methoxy groups -OCH3 is 1. The number of carbonyl (C=O) groups is 2. The van der Waals surface area contributed by atoms with E-state index in [-0.39, 0.29) is 22.6 Å². The average Bonchev–Trinajstić information content (AvgIpc) is 3.18. The van der Waals surface area contributed by atoms with Crippen LogP contribution in [0.2, 0.25) is 0 Å². The number of hydrogen-bond acceptors (Lipinski definition) is 7. The lowest BCUT2D eigenvalue weighted by atomic mass is 10.1. The van der Waals surface area contributed by atoms with Gasteiger partial charge in [-0.2, -0.15) is 14.0 Å². The summed E-state index contributed by atoms with van der Waals surface area (Å²) in [5.74, 6) is -1.17. The number of ether oxygens (including phenoxy) is 4. The fourth-order valence-corrected chi connectivity index (χ4v) is 3.81. The van der Waals surface area contributed by atoms with Crippen molar-refractivity contribution < 1.29 is 37.3 Å². The third kappa shape index (κ3) is 6.56. The zero-order valence-electron chi connectivity index (χ0n) is 21.3. The Hall–Kier alpha value is -4.65. The molecular weight excluding hydrogens is 498 g/mol. The molecule has 3 aromatic rings. The van der Waals surface area contributed by atoms with Gasteiger partial charge in [0, 0.05) is 22.6 Å². The van der Waals surface area contributed by atoms with Crippen molar-refractivity contribution >= 4 is 17.8 Å². The number of benzene rings is 2. The number of aryl methyl sites for hydroxylation is 1. The van der Waals surface area contributed by atoms with Gasteiger partial charge in [0.05, 0.1) is 13.7 Å². The number of halogens is 2. The molecule has 0 aliphatic heterocycles. The Balaban J connectivity index is 1.74. The molecule has 0 aliphatic carbocycles. The van der Waals surface area contributed by atoms with Crippen molar-refractivity contribution in [2.24, 2.45) is 0 Å². The topological polar surface area (TPSA) is 99.8 Å². The fraction of sp³-hybridized carbons (Fsp3) is 0.250. The molecule has 10 heteroatoms. The van der Waals surface area contributed by atoms with Crippen LogP contribution >= 0.6 is 0 Å². The summed E-state index contributed by atoms with van der Waals surface area (Å²) in [4.78, 5) is 25.1. The Bertz CT molecular complexity index is 1390. The van der Waals surface area contributed by atoms with Crippen LogP contribution in [0.25, 0.3) is 11.8 Å². The number of nitriles is 1. The standard InChI is InChI=1S/C28H26F2N2O6/c1-5-36-23-9-7-22(8-10-23)32-17(2)12-20(18(32)3)13-21(15-31)27(34)37-16-24(33)19-6-11-25(38-28(29)30)26(14-19)35-4/h6-14,28H,5,16H2,1-4H3. The van der Waals surface area contributed by atoms with Gasteiger partial charge in [-0.15, -0.1) is 0 Å².